The molecule has 17 heavy (non-hydrogen) atoms. The molecule has 0 radical (unpaired) electrons. The second-order valence-corrected chi connectivity index (χ2v) is 5.25. The summed E-state index contributed by atoms with van der Waals surface area (Å²) >= 11 is 0. The highest BCUT2D eigenvalue weighted by molar-refractivity contribution is 5.14. The van der Waals surface area contributed by atoms with Crippen LogP contribution in [-0.4, -0.2) is 30.1 Å². The van der Waals surface area contributed by atoms with Crippen LogP contribution in [-0.2, 0) is 6.54 Å². The summed E-state index contributed by atoms with van der Waals surface area (Å²) in [6.07, 6.45) is 2.64. The molecule has 1 heterocycles. The van der Waals surface area contributed by atoms with Gasteiger partial charge in [0.15, 0.2) is 0 Å². The molecule has 0 aliphatic carbocycles. The Morgan fingerprint density at radius 2 is 2.06 bits per heavy atom. The monoisotopic (exact) mass is 232 g/mol. The van der Waals surface area contributed by atoms with Crippen LogP contribution < -0.4 is 5.32 Å². The van der Waals surface area contributed by atoms with Gasteiger partial charge in [-0.3, -0.25) is 4.90 Å². The Balaban J connectivity index is 2.01. The number of nitrogens with zero attached hydrogens (tertiary/aromatic N) is 1. The number of nitrogens with one attached hydrogen (secondary N) is 1. The molecule has 0 saturated carbocycles. The second-order valence-electron chi connectivity index (χ2n) is 5.25. The van der Waals surface area contributed by atoms with Gasteiger partial charge < -0.3 is 5.32 Å². The average Bonchev–Trinajstić information content (AvgIpc) is 2.38. The number of benzene rings is 1. The summed E-state index contributed by atoms with van der Waals surface area (Å²) in [7, 11) is 0. The van der Waals surface area contributed by atoms with Crippen molar-refractivity contribution in [2.45, 2.75) is 45.3 Å². The van der Waals surface area contributed by atoms with Gasteiger partial charge in [0.1, 0.15) is 0 Å². The highest BCUT2D eigenvalue weighted by atomic mass is 15.2. The SMILES string of the molecule is CC(C)N(Cc1ccccc1)C1CCCNC1. The minimum atomic E-state index is 0.611. The van der Waals surface area contributed by atoms with Crippen LogP contribution in [0, 0.1) is 0 Å². The van der Waals surface area contributed by atoms with Crippen molar-refractivity contribution in [3.8, 4) is 0 Å². The number of hydrogen-bond donors (Lipinski definition) is 1. The summed E-state index contributed by atoms with van der Waals surface area (Å²) < 4.78 is 0. The van der Waals surface area contributed by atoms with Gasteiger partial charge in [-0.1, -0.05) is 30.3 Å². The largest absolute Gasteiger partial charge is 0.315 e. The fourth-order valence-electron chi connectivity index (χ4n) is 2.64. The van der Waals surface area contributed by atoms with Crippen LogP contribution in [0.1, 0.15) is 32.3 Å². The first kappa shape index (κ1) is 12.6. The van der Waals surface area contributed by atoms with Gasteiger partial charge in [0.25, 0.3) is 0 Å². The average molecular weight is 232 g/mol. The first-order chi connectivity index (χ1) is 8.27. The third-order valence-electron chi connectivity index (χ3n) is 3.61. The Labute approximate surface area is 105 Å². The quantitative estimate of drug-likeness (QED) is 0.858. The van der Waals surface area contributed by atoms with Crippen LogP contribution in [0.25, 0.3) is 0 Å². The molecular formula is C15H24N2. The zero-order valence-corrected chi connectivity index (χ0v) is 11.0. The van der Waals surface area contributed by atoms with E-state index in [4.69, 9.17) is 0 Å². The lowest BCUT2D eigenvalue weighted by atomic mass is 10.0. The lowest BCUT2D eigenvalue weighted by molar-refractivity contribution is 0.121. The van der Waals surface area contributed by atoms with Crippen LogP contribution in [0.3, 0.4) is 0 Å². The van der Waals surface area contributed by atoms with E-state index in [2.05, 4.69) is 54.4 Å². The molecule has 0 amide bonds. The van der Waals surface area contributed by atoms with Crippen LogP contribution in [0.4, 0.5) is 0 Å². The minimum Gasteiger partial charge on any atom is -0.315 e. The fraction of sp³-hybridized carbons (Fsp3) is 0.600. The van der Waals surface area contributed by atoms with Gasteiger partial charge in [-0.05, 0) is 38.8 Å². The van der Waals surface area contributed by atoms with Gasteiger partial charge in [0, 0.05) is 25.2 Å². The lowest BCUT2D eigenvalue weighted by Gasteiger charge is -2.37. The van der Waals surface area contributed by atoms with Gasteiger partial charge in [-0.2, -0.15) is 0 Å². The molecule has 1 atom stereocenters. The molecule has 2 heteroatoms. The van der Waals surface area contributed by atoms with E-state index >= 15 is 0 Å². The molecule has 0 aromatic heterocycles. The van der Waals surface area contributed by atoms with Crippen LogP contribution in [0.15, 0.2) is 30.3 Å². The second kappa shape index (κ2) is 6.18. The number of rotatable bonds is 4. The molecule has 1 N–H and O–H groups in total. The predicted octanol–water partition coefficient (Wildman–Crippen LogP) is 2.65. The predicted molar refractivity (Wildman–Crippen MR) is 73.0 cm³/mol. The van der Waals surface area contributed by atoms with Crippen molar-refractivity contribution in [3.63, 3.8) is 0 Å². The van der Waals surface area contributed by atoms with Crippen molar-refractivity contribution >= 4 is 0 Å². The minimum absolute atomic E-state index is 0.611. The summed E-state index contributed by atoms with van der Waals surface area (Å²) in [5.74, 6) is 0. The van der Waals surface area contributed by atoms with E-state index in [1.165, 1.54) is 24.9 Å². The van der Waals surface area contributed by atoms with Gasteiger partial charge in [-0.25, -0.2) is 0 Å². The number of hydrogen-bond acceptors (Lipinski definition) is 2. The van der Waals surface area contributed by atoms with E-state index in [9.17, 15) is 0 Å². The van der Waals surface area contributed by atoms with Crippen molar-refractivity contribution < 1.29 is 0 Å². The molecule has 0 bridgehead atoms. The van der Waals surface area contributed by atoms with Crippen LogP contribution in [0.5, 0.6) is 0 Å². The van der Waals surface area contributed by atoms with Crippen molar-refractivity contribution in [2.24, 2.45) is 0 Å². The zero-order valence-electron chi connectivity index (χ0n) is 11.0. The highest BCUT2D eigenvalue weighted by Crippen LogP contribution is 2.17. The standard InChI is InChI=1S/C15H24N2/c1-13(2)17(15-9-6-10-16-11-15)12-14-7-4-3-5-8-14/h3-5,7-8,13,15-16H,6,9-12H2,1-2H3. The Bertz CT molecular complexity index is 315. The molecule has 1 aliphatic rings. The van der Waals surface area contributed by atoms with Crippen molar-refractivity contribution in [1.82, 2.24) is 10.2 Å². The summed E-state index contributed by atoms with van der Waals surface area (Å²) in [6.45, 7) is 8.01. The van der Waals surface area contributed by atoms with Gasteiger partial charge >= 0.3 is 0 Å². The Morgan fingerprint density at radius 3 is 2.65 bits per heavy atom. The van der Waals surface area contributed by atoms with Gasteiger partial charge in [0.2, 0.25) is 0 Å². The molecule has 1 fully saturated rings. The van der Waals surface area contributed by atoms with E-state index in [0.717, 1.165) is 13.1 Å². The molecule has 2 nitrogen and oxygen atoms in total. The fourth-order valence-corrected chi connectivity index (χ4v) is 2.64. The maximum absolute atomic E-state index is 3.51. The molecule has 1 aliphatic heterocycles. The topological polar surface area (TPSA) is 15.3 Å². The van der Waals surface area contributed by atoms with Crippen molar-refractivity contribution in [1.29, 1.82) is 0 Å². The van der Waals surface area contributed by atoms with Crippen LogP contribution in [0.2, 0.25) is 0 Å². The van der Waals surface area contributed by atoms with Crippen molar-refractivity contribution in [2.75, 3.05) is 13.1 Å². The van der Waals surface area contributed by atoms with Gasteiger partial charge in [0.05, 0.1) is 0 Å². The summed E-state index contributed by atoms with van der Waals surface area (Å²) in [5.41, 5.74) is 1.42. The van der Waals surface area contributed by atoms with E-state index in [0.29, 0.717) is 12.1 Å². The Kier molecular flexibility index (Phi) is 4.57. The first-order valence-electron chi connectivity index (χ1n) is 6.78. The summed E-state index contributed by atoms with van der Waals surface area (Å²) in [5, 5.41) is 3.51. The van der Waals surface area contributed by atoms with Crippen molar-refractivity contribution in [3.05, 3.63) is 35.9 Å². The zero-order chi connectivity index (χ0) is 12.1. The Morgan fingerprint density at radius 1 is 1.29 bits per heavy atom. The molecule has 94 valence electrons. The third kappa shape index (κ3) is 3.55. The molecule has 1 aromatic carbocycles. The number of piperidine rings is 1. The molecule has 1 aromatic rings. The third-order valence-corrected chi connectivity index (χ3v) is 3.61. The smallest absolute Gasteiger partial charge is 0.0239 e. The van der Waals surface area contributed by atoms with E-state index in [1.54, 1.807) is 0 Å². The molecule has 0 spiro atoms. The lowest BCUT2D eigenvalue weighted by Crippen LogP contribution is -2.48. The maximum Gasteiger partial charge on any atom is 0.0239 e. The van der Waals surface area contributed by atoms with Gasteiger partial charge in [-0.15, -0.1) is 0 Å². The molecule has 1 unspecified atom stereocenters. The normalized spacial score (nSPS) is 21.1. The molecule has 1 saturated heterocycles. The summed E-state index contributed by atoms with van der Waals surface area (Å²) in [4.78, 5) is 2.63. The van der Waals surface area contributed by atoms with E-state index in [-0.39, 0.29) is 0 Å². The highest BCUT2D eigenvalue weighted by Gasteiger charge is 2.22. The van der Waals surface area contributed by atoms with E-state index < -0.39 is 0 Å². The first-order valence-corrected chi connectivity index (χ1v) is 6.78. The molecular weight excluding hydrogens is 208 g/mol. The Hall–Kier alpha value is -0.860. The maximum atomic E-state index is 3.51. The van der Waals surface area contributed by atoms with Crippen LogP contribution >= 0.6 is 0 Å². The molecule has 2 rings (SSSR count). The van der Waals surface area contributed by atoms with E-state index in [1.807, 2.05) is 0 Å². The summed E-state index contributed by atoms with van der Waals surface area (Å²) in [6, 6.07) is 12.1.